The third-order valence-corrected chi connectivity index (χ3v) is 3.65. The van der Waals surface area contributed by atoms with Crippen molar-refractivity contribution in [3.63, 3.8) is 0 Å². The Kier molecular flexibility index (Phi) is 4.07. The topological polar surface area (TPSA) is 93.0 Å². The van der Waals surface area contributed by atoms with Gasteiger partial charge < -0.3 is 14.8 Å². The molecule has 0 unspecified atom stereocenters. The van der Waals surface area contributed by atoms with Crippen LogP contribution in [0.4, 0.5) is 0 Å². The molecule has 0 saturated heterocycles. The van der Waals surface area contributed by atoms with Crippen molar-refractivity contribution in [3.8, 4) is 23.3 Å². The molecule has 0 atom stereocenters. The number of imidazole rings is 1. The quantitative estimate of drug-likeness (QED) is 0.769. The van der Waals surface area contributed by atoms with Crippen molar-refractivity contribution in [2.24, 2.45) is 0 Å². The molecule has 2 aromatic heterocycles. The Balaban J connectivity index is 1.85. The lowest BCUT2D eigenvalue weighted by molar-refractivity contribution is 0.431. The Morgan fingerprint density at radius 3 is 2.54 bits per heavy atom. The number of hydrogen-bond acceptors (Lipinski definition) is 5. The fraction of sp³-hybridized carbons (Fsp3) is 0.235. The average Bonchev–Trinajstić information content (AvgIpc) is 2.81. The zero-order chi connectivity index (χ0) is 17.3. The van der Waals surface area contributed by atoms with E-state index in [1.807, 2.05) is 24.3 Å². The molecular formula is C17H18N4O3. The van der Waals surface area contributed by atoms with E-state index in [9.17, 15) is 9.90 Å². The maximum absolute atomic E-state index is 11.8. The normalized spacial score (nSPS) is 11.0. The van der Waals surface area contributed by atoms with Crippen LogP contribution in [0.3, 0.4) is 0 Å². The molecular weight excluding hydrogens is 308 g/mol. The Morgan fingerprint density at radius 1 is 1.25 bits per heavy atom. The van der Waals surface area contributed by atoms with E-state index in [4.69, 9.17) is 4.74 Å². The number of aromatic nitrogens is 4. The van der Waals surface area contributed by atoms with Crippen molar-refractivity contribution in [1.29, 1.82) is 0 Å². The first-order valence-corrected chi connectivity index (χ1v) is 7.56. The van der Waals surface area contributed by atoms with Crippen molar-refractivity contribution in [3.05, 3.63) is 58.4 Å². The van der Waals surface area contributed by atoms with E-state index >= 15 is 0 Å². The van der Waals surface area contributed by atoms with Gasteiger partial charge in [-0.05, 0) is 30.5 Å². The van der Waals surface area contributed by atoms with Gasteiger partial charge in [0.15, 0.2) is 0 Å². The number of aromatic amines is 1. The SMILES string of the molecule is Cc1[nH]c(=O)n(-c2cnc(Oc3cccc(C(C)C)c3)nc2)c1O. The van der Waals surface area contributed by atoms with Crippen molar-refractivity contribution in [2.75, 3.05) is 0 Å². The summed E-state index contributed by atoms with van der Waals surface area (Å²) in [5.74, 6) is 0.872. The summed E-state index contributed by atoms with van der Waals surface area (Å²) in [6.07, 6.45) is 2.84. The number of H-pyrrole nitrogens is 1. The van der Waals surface area contributed by atoms with Gasteiger partial charge in [-0.3, -0.25) is 0 Å². The largest absolute Gasteiger partial charge is 0.493 e. The van der Waals surface area contributed by atoms with E-state index in [1.165, 1.54) is 12.4 Å². The molecule has 0 bridgehead atoms. The van der Waals surface area contributed by atoms with Crippen LogP contribution >= 0.6 is 0 Å². The van der Waals surface area contributed by atoms with Gasteiger partial charge in [-0.25, -0.2) is 19.3 Å². The van der Waals surface area contributed by atoms with Crippen LogP contribution in [0.25, 0.3) is 5.69 Å². The zero-order valence-corrected chi connectivity index (χ0v) is 13.6. The number of aryl methyl sites for hydroxylation is 1. The second-order valence-electron chi connectivity index (χ2n) is 5.77. The summed E-state index contributed by atoms with van der Waals surface area (Å²) < 4.78 is 6.74. The number of benzene rings is 1. The maximum atomic E-state index is 11.8. The molecule has 2 N–H and O–H groups in total. The van der Waals surface area contributed by atoms with Gasteiger partial charge in [-0.15, -0.1) is 0 Å². The second kappa shape index (κ2) is 6.19. The molecule has 124 valence electrons. The van der Waals surface area contributed by atoms with Crippen LogP contribution in [0, 0.1) is 6.92 Å². The number of aromatic hydroxyl groups is 1. The molecule has 0 aliphatic carbocycles. The van der Waals surface area contributed by atoms with Crippen LogP contribution in [-0.4, -0.2) is 24.6 Å². The molecule has 24 heavy (non-hydrogen) atoms. The van der Waals surface area contributed by atoms with Crippen LogP contribution in [-0.2, 0) is 0 Å². The number of ether oxygens (including phenoxy) is 1. The van der Waals surface area contributed by atoms with E-state index in [0.29, 0.717) is 23.0 Å². The third-order valence-electron chi connectivity index (χ3n) is 3.65. The van der Waals surface area contributed by atoms with Gasteiger partial charge in [-0.1, -0.05) is 26.0 Å². The lowest BCUT2D eigenvalue weighted by atomic mass is 10.0. The van der Waals surface area contributed by atoms with Gasteiger partial charge in [0, 0.05) is 0 Å². The Morgan fingerprint density at radius 2 is 1.96 bits per heavy atom. The van der Waals surface area contributed by atoms with Crippen molar-refractivity contribution in [1.82, 2.24) is 19.5 Å². The molecule has 2 heterocycles. The summed E-state index contributed by atoms with van der Waals surface area (Å²) in [7, 11) is 0. The number of rotatable bonds is 4. The van der Waals surface area contributed by atoms with Crippen molar-refractivity contribution < 1.29 is 9.84 Å². The summed E-state index contributed by atoms with van der Waals surface area (Å²) in [4.78, 5) is 22.5. The van der Waals surface area contributed by atoms with E-state index < -0.39 is 5.69 Å². The summed E-state index contributed by atoms with van der Waals surface area (Å²) in [5, 5.41) is 9.90. The molecule has 0 spiro atoms. The molecule has 1 aromatic carbocycles. The van der Waals surface area contributed by atoms with E-state index in [2.05, 4.69) is 28.8 Å². The molecule has 0 fully saturated rings. The first-order valence-electron chi connectivity index (χ1n) is 7.56. The van der Waals surface area contributed by atoms with Crippen LogP contribution in [0.5, 0.6) is 17.6 Å². The number of hydrogen-bond donors (Lipinski definition) is 2. The lowest BCUT2D eigenvalue weighted by Gasteiger charge is -2.09. The highest BCUT2D eigenvalue weighted by atomic mass is 16.5. The molecule has 0 radical (unpaired) electrons. The van der Waals surface area contributed by atoms with Gasteiger partial charge in [0.05, 0.1) is 23.8 Å². The highest BCUT2D eigenvalue weighted by molar-refractivity contribution is 5.35. The lowest BCUT2D eigenvalue weighted by Crippen LogP contribution is -2.15. The smallest absolute Gasteiger partial charge is 0.333 e. The molecule has 7 nitrogen and oxygen atoms in total. The summed E-state index contributed by atoms with van der Waals surface area (Å²) >= 11 is 0. The van der Waals surface area contributed by atoms with Gasteiger partial charge in [0.25, 0.3) is 0 Å². The predicted octanol–water partition coefficient (Wildman–Crippen LogP) is 2.89. The van der Waals surface area contributed by atoms with Gasteiger partial charge in [0.2, 0.25) is 5.88 Å². The van der Waals surface area contributed by atoms with Crippen LogP contribution < -0.4 is 10.4 Å². The fourth-order valence-electron chi connectivity index (χ4n) is 2.30. The third kappa shape index (κ3) is 3.01. The molecule has 3 rings (SSSR count). The molecule has 0 aliphatic rings. The first-order chi connectivity index (χ1) is 11.5. The molecule has 0 saturated carbocycles. The maximum Gasteiger partial charge on any atom is 0.333 e. The van der Waals surface area contributed by atoms with Crippen LogP contribution in [0.1, 0.15) is 31.0 Å². The molecule has 0 amide bonds. The molecule has 0 aliphatic heterocycles. The number of nitrogens with zero attached hydrogens (tertiary/aromatic N) is 3. The minimum absolute atomic E-state index is 0.165. The van der Waals surface area contributed by atoms with E-state index in [1.54, 1.807) is 6.92 Å². The van der Waals surface area contributed by atoms with Gasteiger partial charge in [0.1, 0.15) is 5.75 Å². The van der Waals surface area contributed by atoms with Crippen molar-refractivity contribution >= 4 is 0 Å². The minimum atomic E-state index is -0.452. The summed E-state index contributed by atoms with van der Waals surface area (Å²) in [6, 6.07) is 7.88. The minimum Gasteiger partial charge on any atom is -0.493 e. The fourth-order valence-corrected chi connectivity index (χ4v) is 2.30. The second-order valence-corrected chi connectivity index (χ2v) is 5.77. The number of nitrogens with one attached hydrogen (secondary N) is 1. The Labute approximate surface area is 138 Å². The standard InChI is InChI=1S/C17H18N4O3/c1-10(2)12-5-4-6-14(7-12)24-16-18-8-13(9-19-16)21-15(22)11(3)20-17(21)23/h4-10,22H,1-3H3,(H,20,23). The van der Waals surface area contributed by atoms with Gasteiger partial charge in [-0.2, -0.15) is 0 Å². The van der Waals surface area contributed by atoms with Gasteiger partial charge >= 0.3 is 11.7 Å². The Hall–Kier alpha value is -3.09. The summed E-state index contributed by atoms with van der Waals surface area (Å²) in [6.45, 7) is 5.81. The van der Waals surface area contributed by atoms with E-state index in [-0.39, 0.29) is 11.9 Å². The van der Waals surface area contributed by atoms with E-state index in [0.717, 1.165) is 10.1 Å². The van der Waals surface area contributed by atoms with Crippen molar-refractivity contribution in [2.45, 2.75) is 26.7 Å². The predicted molar refractivity (Wildman–Crippen MR) is 89.0 cm³/mol. The van der Waals surface area contributed by atoms with Crippen LogP contribution in [0.15, 0.2) is 41.5 Å². The molecule has 7 heteroatoms. The molecule has 3 aromatic rings. The monoisotopic (exact) mass is 326 g/mol. The first kappa shape index (κ1) is 15.8. The highest BCUT2D eigenvalue weighted by Crippen LogP contribution is 2.23. The summed E-state index contributed by atoms with van der Waals surface area (Å²) in [5.41, 5.74) is 1.44. The van der Waals surface area contributed by atoms with Crippen LogP contribution in [0.2, 0.25) is 0 Å². The average molecular weight is 326 g/mol. The highest BCUT2D eigenvalue weighted by Gasteiger charge is 2.12. The Bertz CT molecular complexity index is 910. The zero-order valence-electron chi connectivity index (χ0n) is 13.6.